The number of aliphatic imine (C=N–C) groups is 2. The number of nitrogens with zero attached hydrogens (tertiary/aromatic N) is 3. The average Bonchev–Trinajstić information content (AvgIpc) is 2.45. The van der Waals surface area contributed by atoms with Crippen molar-refractivity contribution in [3.63, 3.8) is 0 Å². The Balaban J connectivity index is 0.00000161. The van der Waals surface area contributed by atoms with E-state index in [0.29, 0.717) is 25.7 Å². The van der Waals surface area contributed by atoms with Gasteiger partial charge in [-0.1, -0.05) is 30.3 Å². The van der Waals surface area contributed by atoms with Crippen LogP contribution in [0, 0.1) is 0 Å². The van der Waals surface area contributed by atoms with Crippen LogP contribution in [0.2, 0.25) is 0 Å². The third-order valence-corrected chi connectivity index (χ3v) is 3.81. The molecule has 0 amide bonds. The standard InChI is InChI=1S/C14H19N5O.ClH/c15-12-17-13(16)19(10-11-4-2-1-3-5-11)14(18-12)6-8-20-9-7-14;/h1-5H,6-10H2,(H4,15,16,17,18);1H. The van der Waals surface area contributed by atoms with E-state index in [4.69, 9.17) is 16.2 Å². The van der Waals surface area contributed by atoms with Crippen LogP contribution in [0.4, 0.5) is 0 Å². The quantitative estimate of drug-likeness (QED) is 0.855. The summed E-state index contributed by atoms with van der Waals surface area (Å²) in [5, 5.41) is 0. The third-order valence-electron chi connectivity index (χ3n) is 3.81. The van der Waals surface area contributed by atoms with Gasteiger partial charge in [0.2, 0.25) is 11.9 Å². The molecule has 3 rings (SSSR count). The van der Waals surface area contributed by atoms with Gasteiger partial charge in [0.1, 0.15) is 5.66 Å². The lowest BCUT2D eigenvalue weighted by molar-refractivity contribution is 0.0000314. The van der Waals surface area contributed by atoms with Gasteiger partial charge < -0.3 is 21.1 Å². The van der Waals surface area contributed by atoms with Crippen LogP contribution in [-0.2, 0) is 11.3 Å². The molecule has 0 atom stereocenters. The first kappa shape index (κ1) is 15.6. The molecule has 2 heterocycles. The molecule has 1 aromatic carbocycles. The maximum atomic E-state index is 6.10. The summed E-state index contributed by atoms with van der Waals surface area (Å²) in [5.74, 6) is 0.692. The number of nitrogens with two attached hydrogens (primary N) is 2. The summed E-state index contributed by atoms with van der Waals surface area (Å²) in [5.41, 5.74) is 12.7. The Kier molecular flexibility index (Phi) is 4.69. The molecule has 1 aromatic rings. The Morgan fingerprint density at radius 3 is 2.48 bits per heavy atom. The fourth-order valence-electron chi connectivity index (χ4n) is 2.76. The van der Waals surface area contributed by atoms with Gasteiger partial charge in [0.05, 0.1) is 13.2 Å². The number of guanidine groups is 2. The van der Waals surface area contributed by atoms with Crippen molar-refractivity contribution in [2.45, 2.75) is 25.0 Å². The van der Waals surface area contributed by atoms with E-state index >= 15 is 0 Å². The second-order valence-corrected chi connectivity index (χ2v) is 5.11. The number of hydrogen-bond donors (Lipinski definition) is 2. The molecule has 1 saturated heterocycles. The van der Waals surface area contributed by atoms with E-state index in [9.17, 15) is 0 Å². The smallest absolute Gasteiger partial charge is 0.220 e. The molecule has 21 heavy (non-hydrogen) atoms. The molecule has 0 bridgehead atoms. The van der Waals surface area contributed by atoms with E-state index in [1.807, 2.05) is 23.1 Å². The Labute approximate surface area is 130 Å². The largest absolute Gasteiger partial charge is 0.381 e. The van der Waals surface area contributed by atoms with Gasteiger partial charge in [-0.3, -0.25) is 0 Å². The van der Waals surface area contributed by atoms with Crippen molar-refractivity contribution < 1.29 is 4.74 Å². The van der Waals surface area contributed by atoms with Crippen molar-refractivity contribution in [1.29, 1.82) is 0 Å². The van der Waals surface area contributed by atoms with E-state index < -0.39 is 5.66 Å². The minimum Gasteiger partial charge on any atom is -0.381 e. The zero-order chi connectivity index (χ0) is 14.0. The first-order valence-corrected chi connectivity index (χ1v) is 6.78. The highest BCUT2D eigenvalue weighted by Crippen LogP contribution is 2.32. The van der Waals surface area contributed by atoms with E-state index in [1.54, 1.807) is 0 Å². The first-order valence-electron chi connectivity index (χ1n) is 6.78. The lowest BCUT2D eigenvalue weighted by atomic mass is 9.97. The molecule has 0 radical (unpaired) electrons. The minimum atomic E-state index is -0.413. The van der Waals surface area contributed by atoms with E-state index in [-0.39, 0.29) is 18.4 Å². The predicted molar refractivity (Wildman–Crippen MR) is 85.3 cm³/mol. The van der Waals surface area contributed by atoms with Crippen LogP contribution in [0.5, 0.6) is 0 Å². The lowest BCUT2D eigenvalue weighted by Gasteiger charge is -2.45. The van der Waals surface area contributed by atoms with Crippen LogP contribution in [-0.4, -0.2) is 35.7 Å². The third kappa shape index (κ3) is 3.11. The van der Waals surface area contributed by atoms with Crippen molar-refractivity contribution in [2.24, 2.45) is 21.5 Å². The van der Waals surface area contributed by atoms with Crippen molar-refractivity contribution in [1.82, 2.24) is 4.90 Å². The normalized spacial score (nSPS) is 20.5. The highest BCUT2D eigenvalue weighted by atomic mass is 35.5. The topological polar surface area (TPSA) is 89.2 Å². The molecule has 0 aromatic heterocycles. The van der Waals surface area contributed by atoms with Crippen LogP contribution in [0.1, 0.15) is 18.4 Å². The van der Waals surface area contributed by atoms with Crippen molar-refractivity contribution >= 4 is 24.3 Å². The number of ether oxygens (including phenoxy) is 1. The summed E-state index contributed by atoms with van der Waals surface area (Å²) in [6.45, 7) is 2.00. The summed E-state index contributed by atoms with van der Waals surface area (Å²) in [4.78, 5) is 10.7. The molecule has 2 aliphatic rings. The van der Waals surface area contributed by atoms with Gasteiger partial charge in [-0.15, -0.1) is 12.4 Å². The second-order valence-electron chi connectivity index (χ2n) is 5.11. The summed E-state index contributed by atoms with van der Waals surface area (Å²) in [6.07, 6.45) is 1.55. The molecule has 7 heteroatoms. The molecular formula is C14H20ClN5O. The molecular weight excluding hydrogens is 290 g/mol. The Morgan fingerprint density at radius 1 is 1.14 bits per heavy atom. The molecule has 4 N–H and O–H groups in total. The predicted octanol–water partition coefficient (Wildman–Crippen LogP) is 1.06. The summed E-state index contributed by atoms with van der Waals surface area (Å²) >= 11 is 0. The average molecular weight is 310 g/mol. The van der Waals surface area contributed by atoms with Crippen LogP contribution < -0.4 is 11.5 Å². The van der Waals surface area contributed by atoms with Gasteiger partial charge in [-0.05, 0) is 5.56 Å². The number of hydrogen-bond acceptors (Lipinski definition) is 6. The number of rotatable bonds is 2. The van der Waals surface area contributed by atoms with Crippen molar-refractivity contribution in [3.8, 4) is 0 Å². The van der Waals surface area contributed by atoms with Crippen LogP contribution in [0.3, 0.4) is 0 Å². The summed E-state index contributed by atoms with van der Waals surface area (Å²) < 4.78 is 5.45. The molecule has 0 saturated carbocycles. The maximum absolute atomic E-state index is 6.10. The van der Waals surface area contributed by atoms with Crippen LogP contribution in [0.25, 0.3) is 0 Å². The summed E-state index contributed by atoms with van der Waals surface area (Å²) in [6, 6.07) is 10.2. The van der Waals surface area contributed by atoms with Gasteiger partial charge in [-0.25, -0.2) is 4.99 Å². The number of benzene rings is 1. The minimum absolute atomic E-state index is 0. The zero-order valence-corrected chi connectivity index (χ0v) is 12.6. The molecule has 0 unspecified atom stereocenters. The van der Waals surface area contributed by atoms with Gasteiger partial charge in [0.25, 0.3) is 0 Å². The Morgan fingerprint density at radius 2 is 1.81 bits per heavy atom. The molecule has 6 nitrogen and oxygen atoms in total. The summed E-state index contributed by atoms with van der Waals surface area (Å²) in [7, 11) is 0. The van der Waals surface area contributed by atoms with E-state index in [1.165, 1.54) is 5.56 Å². The van der Waals surface area contributed by atoms with Gasteiger partial charge >= 0.3 is 0 Å². The molecule has 1 spiro atoms. The highest BCUT2D eigenvalue weighted by Gasteiger charge is 2.42. The van der Waals surface area contributed by atoms with Gasteiger partial charge in [0, 0.05) is 19.4 Å². The molecule has 2 aliphatic heterocycles. The Hall–Kier alpha value is -1.79. The fraction of sp³-hybridized carbons (Fsp3) is 0.429. The van der Waals surface area contributed by atoms with Crippen molar-refractivity contribution in [3.05, 3.63) is 35.9 Å². The van der Waals surface area contributed by atoms with Crippen LogP contribution in [0.15, 0.2) is 40.3 Å². The fourth-order valence-corrected chi connectivity index (χ4v) is 2.76. The highest BCUT2D eigenvalue weighted by molar-refractivity contribution is 5.95. The van der Waals surface area contributed by atoms with E-state index in [0.717, 1.165) is 12.8 Å². The molecule has 114 valence electrons. The molecule has 1 fully saturated rings. The van der Waals surface area contributed by atoms with E-state index in [2.05, 4.69) is 22.1 Å². The van der Waals surface area contributed by atoms with Gasteiger partial charge in [0.15, 0.2) is 0 Å². The zero-order valence-electron chi connectivity index (χ0n) is 11.7. The second kappa shape index (κ2) is 6.32. The first-order chi connectivity index (χ1) is 9.70. The van der Waals surface area contributed by atoms with Crippen LogP contribution >= 0.6 is 12.4 Å². The Bertz CT molecular complexity index is 540. The lowest BCUT2D eigenvalue weighted by Crippen LogP contribution is -2.58. The molecule has 0 aliphatic carbocycles. The van der Waals surface area contributed by atoms with Gasteiger partial charge in [-0.2, -0.15) is 4.99 Å². The van der Waals surface area contributed by atoms with Crippen molar-refractivity contribution in [2.75, 3.05) is 13.2 Å². The monoisotopic (exact) mass is 309 g/mol. The maximum Gasteiger partial charge on any atom is 0.220 e. The number of halogens is 1. The SMILES string of the molecule is Cl.NC1=NC2(CCOCC2)N(Cc2ccccc2)C(N)=N1.